The zero-order chi connectivity index (χ0) is 15.0. The first-order chi connectivity index (χ1) is 10.1. The van der Waals surface area contributed by atoms with Crippen LogP contribution in [0.3, 0.4) is 0 Å². The number of thiazole rings is 1. The topological polar surface area (TPSA) is 99.4 Å². The molecule has 0 aliphatic heterocycles. The molecule has 0 spiro atoms. The summed E-state index contributed by atoms with van der Waals surface area (Å²) in [5.74, 6) is 0.332. The Bertz CT molecular complexity index is 758. The minimum Gasteiger partial charge on any atom is -0.383 e. The van der Waals surface area contributed by atoms with Crippen LogP contribution in [0.4, 0.5) is 5.82 Å². The Kier molecular flexibility index (Phi) is 3.22. The third-order valence-corrected chi connectivity index (χ3v) is 5.09. The van der Waals surface area contributed by atoms with Crippen LogP contribution in [-0.4, -0.2) is 16.2 Å². The molecule has 1 aliphatic carbocycles. The third kappa shape index (κ3) is 2.10. The molecule has 21 heavy (non-hydrogen) atoms. The summed E-state index contributed by atoms with van der Waals surface area (Å²) in [6, 6.07) is 4.23. The molecule has 2 heterocycles. The maximum atomic E-state index is 9.47. The van der Waals surface area contributed by atoms with Gasteiger partial charge in [0.15, 0.2) is 0 Å². The summed E-state index contributed by atoms with van der Waals surface area (Å²) in [4.78, 5) is 9.89. The van der Waals surface area contributed by atoms with E-state index in [9.17, 15) is 5.26 Å². The van der Waals surface area contributed by atoms with Gasteiger partial charge in [-0.3, -0.25) is 0 Å². The van der Waals surface area contributed by atoms with Crippen molar-refractivity contribution in [1.29, 1.82) is 10.7 Å². The number of aryl methyl sites for hydroxylation is 1. The fraction of sp³-hybridized carbons (Fsp3) is 0.333. The second-order valence-corrected chi connectivity index (χ2v) is 6.47. The average Bonchev–Trinajstić information content (AvgIpc) is 2.92. The van der Waals surface area contributed by atoms with E-state index >= 15 is 0 Å². The lowest BCUT2D eigenvalue weighted by atomic mass is 9.78. The standard InChI is InChI=1S/C15H15N5S/c1-15(8-17)5-2-3-11-12(15)20-14(21-11)9-4-6-19-13(18)10(9)7-16/h4,6-7,16H,2-3,5H2,1H3,(H2,18,19). The fourth-order valence-electron chi connectivity index (χ4n) is 2.72. The van der Waals surface area contributed by atoms with E-state index in [2.05, 4.69) is 11.1 Å². The van der Waals surface area contributed by atoms with Gasteiger partial charge >= 0.3 is 0 Å². The smallest absolute Gasteiger partial charge is 0.132 e. The van der Waals surface area contributed by atoms with Gasteiger partial charge in [-0.2, -0.15) is 5.26 Å². The number of fused-ring (bicyclic) bond motifs is 1. The van der Waals surface area contributed by atoms with Gasteiger partial charge in [0.05, 0.1) is 17.2 Å². The van der Waals surface area contributed by atoms with Crippen molar-refractivity contribution < 1.29 is 0 Å². The van der Waals surface area contributed by atoms with Crippen LogP contribution in [-0.2, 0) is 11.8 Å². The number of nitrogens with two attached hydrogens (primary N) is 1. The van der Waals surface area contributed by atoms with Gasteiger partial charge in [-0.25, -0.2) is 9.97 Å². The van der Waals surface area contributed by atoms with E-state index in [1.165, 1.54) is 11.1 Å². The summed E-state index contributed by atoms with van der Waals surface area (Å²) >= 11 is 1.60. The highest BCUT2D eigenvalue weighted by molar-refractivity contribution is 7.15. The molecule has 106 valence electrons. The Labute approximate surface area is 127 Å². The van der Waals surface area contributed by atoms with Crippen molar-refractivity contribution in [2.24, 2.45) is 0 Å². The number of nitrogens with zero attached hydrogens (tertiary/aromatic N) is 3. The lowest BCUT2D eigenvalue weighted by Crippen LogP contribution is -2.25. The molecule has 0 bridgehead atoms. The van der Waals surface area contributed by atoms with Crippen LogP contribution in [0.25, 0.3) is 10.6 Å². The van der Waals surface area contributed by atoms with Crippen LogP contribution in [0.1, 0.15) is 35.9 Å². The molecule has 1 unspecified atom stereocenters. The molecule has 2 aromatic heterocycles. The van der Waals surface area contributed by atoms with Crippen molar-refractivity contribution in [3.05, 3.63) is 28.4 Å². The summed E-state index contributed by atoms with van der Waals surface area (Å²) < 4.78 is 0. The monoisotopic (exact) mass is 297 g/mol. The summed E-state index contributed by atoms with van der Waals surface area (Å²) in [6.45, 7) is 1.95. The average molecular weight is 297 g/mol. The van der Waals surface area contributed by atoms with E-state index in [4.69, 9.17) is 16.1 Å². The first-order valence-electron chi connectivity index (χ1n) is 6.76. The zero-order valence-corrected chi connectivity index (χ0v) is 12.5. The molecule has 3 N–H and O–H groups in total. The molecule has 0 amide bonds. The van der Waals surface area contributed by atoms with Crippen LogP contribution in [0.15, 0.2) is 12.3 Å². The van der Waals surface area contributed by atoms with Crippen LogP contribution in [0.5, 0.6) is 0 Å². The Balaban J connectivity index is 2.18. The molecule has 0 fully saturated rings. The van der Waals surface area contributed by atoms with Gasteiger partial charge in [0.25, 0.3) is 0 Å². The highest BCUT2D eigenvalue weighted by Gasteiger charge is 2.36. The zero-order valence-electron chi connectivity index (χ0n) is 11.7. The highest BCUT2D eigenvalue weighted by atomic mass is 32.1. The van der Waals surface area contributed by atoms with Gasteiger partial charge in [-0.15, -0.1) is 11.3 Å². The van der Waals surface area contributed by atoms with Crippen LogP contribution in [0.2, 0.25) is 0 Å². The van der Waals surface area contributed by atoms with Gasteiger partial charge < -0.3 is 11.1 Å². The number of nitrogens with one attached hydrogen (secondary N) is 1. The summed E-state index contributed by atoms with van der Waals surface area (Å²) in [6.07, 6.45) is 5.65. The van der Waals surface area contributed by atoms with Gasteiger partial charge in [0.2, 0.25) is 0 Å². The number of hydrogen-bond donors (Lipinski definition) is 2. The van der Waals surface area contributed by atoms with Crippen molar-refractivity contribution >= 4 is 23.4 Å². The number of hydrogen-bond acceptors (Lipinski definition) is 6. The summed E-state index contributed by atoms with van der Waals surface area (Å²) in [5.41, 5.74) is 7.62. The minimum atomic E-state index is -0.508. The lowest BCUT2D eigenvalue weighted by Gasteiger charge is -2.24. The Morgan fingerprint density at radius 3 is 3.10 bits per heavy atom. The first kappa shape index (κ1) is 13.7. The molecule has 2 aromatic rings. The predicted octanol–water partition coefficient (Wildman–Crippen LogP) is 2.90. The number of anilines is 1. The molecular formula is C15H15N5S. The Morgan fingerprint density at radius 1 is 1.57 bits per heavy atom. The quantitative estimate of drug-likeness (QED) is 0.832. The van der Waals surface area contributed by atoms with Gasteiger partial charge in [0.1, 0.15) is 10.8 Å². The van der Waals surface area contributed by atoms with E-state index in [-0.39, 0.29) is 0 Å². The number of rotatable bonds is 2. The molecule has 1 atom stereocenters. The first-order valence-corrected chi connectivity index (χ1v) is 7.57. The normalized spacial score (nSPS) is 20.6. The van der Waals surface area contributed by atoms with Crippen LogP contribution in [0, 0.1) is 16.7 Å². The highest BCUT2D eigenvalue weighted by Crippen LogP contribution is 2.42. The predicted molar refractivity (Wildman–Crippen MR) is 83.5 cm³/mol. The molecule has 0 saturated carbocycles. The molecule has 5 nitrogen and oxygen atoms in total. The SMILES string of the molecule is CC1(C#N)CCCc2sc(-c3ccnc(N)c3C=N)nc21. The van der Waals surface area contributed by atoms with Gasteiger partial charge in [-0.05, 0) is 32.3 Å². The van der Waals surface area contributed by atoms with Crippen molar-refractivity contribution in [3.63, 3.8) is 0 Å². The van der Waals surface area contributed by atoms with E-state index in [1.807, 2.05) is 13.0 Å². The van der Waals surface area contributed by atoms with E-state index in [1.54, 1.807) is 17.5 Å². The number of pyridine rings is 1. The van der Waals surface area contributed by atoms with E-state index in [0.717, 1.165) is 35.5 Å². The maximum absolute atomic E-state index is 9.47. The van der Waals surface area contributed by atoms with Gasteiger partial charge in [0, 0.05) is 28.4 Å². The Morgan fingerprint density at radius 2 is 2.38 bits per heavy atom. The minimum absolute atomic E-state index is 0.332. The second kappa shape index (κ2) is 4.93. The number of nitriles is 1. The van der Waals surface area contributed by atoms with Crippen LogP contribution >= 0.6 is 11.3 Å². The molecule has 6 heteroatoms. The second-order valence-electron chi connectivity index (χ2n) is 5.39. The van der Waals surface area contributed by atoms with Crippen molar-refractivity contribution in [2.45, 2.75) is 31.6 Å². The van der Waals surface area contributed by atoms with E-state index < -0.39 is 5.41 Å². The van der Waals surface area contributed by atoms with Gasteiger partial charge in [-0.1, -0.05) is 0 Å². The molecule has 3 rings (SSSR count). The Hall–Kier alpha value is -2.26. The fourth-order valence-corrected chi connectivity index (χ4v) is 4.00. The van der Waals surface area contributed by atoms with Crippen molar-refractivity contribution in [3.8, 4) is 16.6 Å². The molecular weight excluding hydrogens is 282 g/mol. The lowest BCUT2D eigenvalue weighted by molar-refractivity contribution is 0.484. The molecule has 1 aliphatic rings. The number of aromatic nitrogens is 2. The number of nitrogen functional groups attached to an aromatic ring is 1. The largest absolute Gasteiger partial charge is 0.383 e. The molecule has 0 radical (unpaired) electrons. The van der Waals surface area contributed by atoms with Crippen molar-refractivity contribution in [2.75, 3.05) is 5.73 Å². The maximum Gasteiger partial charge on any atom is 0.132 e. The van der Waals surface area contributed by atoms with E-state index in [0.29, 0.717) is 11.4 Å². The molecule has 0 saturated heterocycles. The third-order valence-electron chi connectivity index (χ3n) is 3.94. The summed E-state index contributed by atoms with van der Waals surface area (Å²) in [5, 5.41) is 17.8. The van der Waals surface area contributed by atoms with Crippen molar-refractivity contribution in [1.82, 2.24) is 9.97 Å². The molecule has 0 aromatic carbocycles. The summed E-state index contributed by atoms with van der Waals surface area (Å²) in [7, 11) is 0. The van der Waals surface area contributed by atoms with Crippen LogP contribution < -0.4 is 5.73 Å².